The average Bonchev–Trinajstić information content (AvgIpc) is 2.46. The minimum Gasteiger partial charge on any atom is -0.494 e. The van der Waals surface area contributed by atoms with Crippen molar-refractivity contribution in [1.82, 2.24) is 5.32 Å². The third kappa shape index (κ3) is 3.33. The number of piperidine rings is 1. The summed E-state index contributed by atoms with van der Waals surface area (Å²) in [5, 5.41) is 3.64. The highest BCUT2D eigenvalue weighted by Crippen LogP contribution is 2.33. The molecule has 1 saturated heterocycles. The van der Waals surface area contributed by atoms with Crippen LogP contribution in [0.15, 0.2) is 12.1 Å². The number of hydrogen-bond donors (Lipinski definition) is 2. The Labute approximate surface area is 122 Å². The Morgan fingerprint density at radius 1 is 1.30 bits per heavy atom. The van der Waals surface area contributed by atoms with E-state index in [4.69, 9.17) is 10.5 Å². The van der Waals surface area contributed by atoms with Crippen molar-refractivity contribution in [1.29, 1.82) is 0 Å². The molecule has 1 aliphatic heterocycles. The number of benzene rings is 1. The van der Waals surface area contributed by atoms with Crippen LogP contribution in [-0.2, 0) is 0 Å². The molecule has 3 nitrogen and oxygen atoms in total. The molecule has 2 atom stereocenters. The molecule has 0 saturated carbocycles. The molecular formula is C17H28N2O. The molecule has 2 unspecified atom stereocenters. The highest BCUT2D eigenvalue weighted by molar-refractivity contribution is 5.44. The van der Waals surface area contributed by atoms with Gasteiger partial charge in [0.1, 0.15) is 5.75 Å². The van der Waals surface area contributed by atoms with E-state index in [1.54, 1.807) is 0 Å². The largest absolute Gasteiger partial charge is 0.494 e. The highest BCUT2D eigenvalue weighted by atomic mass is 16.5. The summed E-state index contributed by atoms with van der Waals surface area (Å²) in [6, 6.07) is 4.92. The number of aryl methyl sites for hydroxylation is 2. The van der Waals surface area contributed by atoms with Crippen LogP contribution < -0.4 is 15.8 Å². The third-order valence-corrected chi connectivity index (χ3v) is 4.41. The van der Waals surface area contributed by atoms with Gasteiger partial charge >= 0.3 is 0 Å². The lowest BCUT2D eigenvalue weighted by Gasteiger charge is -2.32. The molecule has 1 aromatic carbocycles. The molecule has 1 fully saturated rings. The number of hydrogen-bond acceptors (Lipinski definition) is 3. The molecule has 20 heavy (non-hydrogen) atoms. The maximum Gasteiger partial charge on any atom is 0.123 e. The average molecular weight is 276 g/mol. The molecule has 0 aliphatic carbocycles. The molecule has 1 heterocycles. The molecule has 112 valence electrons. The van der Waals surface area contributed by atoms with E-state index in [-0.39, 0.29) is 0 Å². The lowest BCUT2D eigenvalue weighted by molar-refractivity contribution is 0.316. The predicted molar refractivity (Wildman–Crippen MR) is 84.5 cm³/mol. The van der Waals surface area contributed by atoms with E-state index in [9.17, 15) is 0 Å². The third-order valence-electron chi connectivity index (χ3n) is 4.41. The standard InChI is InChI=1S/C17H28N2O/c1-4-20-17-10-13(3)12(2)9-14(17)15(11-18)16-7-5-6-8-19-16/h9-10,15-16,19H,4-8,11,18H2,1-3H3. The first kappa shape index (κ1) is 15.3. The summed E-state index contributed by atoms with van der Waals surface area (Å²) in [4.78, 5) is 0. The Kier molecular flexibility index (Phi) is 5.44. The van der Waals surface area contributed by atoms with Crippen LogP contribution in [0.4, 0.5) is 0 Å². The fourth-order valence-electron chi connectivity index (χ4n) is 3.11. The van der Waals surface area contributed by atoms with Gasteiger partial charge in [-0.05, 0) is 57.4 Å². The Bertz CT molecular complexity index is 439. The van der Waals surface area contributed by atoms with Gasteiger partial charge in [-0.1, -0.05) is 12.5 Å². The quantitative estimate of drug-likeness (QED) is 0.869. The summed E-state index contributed by atoms with van der Waals surface area (Å²) in [6.45, 7) is 8.81. The summed E-state index contributed by atoms with van der Waals surface area (Å²) in [7, 11) is 0. The predicted octanol–water partition coefficient (Wildman–Crippen LogP) is 2.89. The molecule has 3 heteroatoms. The minimum absolute atomic E-state index is 0.344. The van der Waals surface area contributed by atoms with E-state index in [0.717, 1.165) is 12.3 Å². The molecule has 0 amide bonds. The Balaban J connectivity index is 2.33. The molecule has 0 bridgehead atoms. The van der Waals surface area contributed by atoms with Gasteiger partial charge in [-0.3, -0.25) is 0 Å². The van der Waals surface area contributed by atoms with Gasteiger partial charge in [-0.15, -0.1) is 0 Å². The van der Waals surface area contributed by atoms with E-state index in [0.29, 0.717) is 25.1 Å². The van der Waals surface area contributed by atoms with Crippen molar-refractivity contribution >= 4 is 0 Å². The lowest BCUT2D eigenvalue weighted by Crippen LogP contribution is -2.41. The Morgan fingerprint density at radius 2 is 2.05 bits per heavy atom. The molecule has 0 aromatic heterocycles. The second-order valence-corrected chi connectivity index (χ2v) is 5.81. The molecule has 1 aliphatic rings. The van der Waals surface area contributed by atoms with Crippen molar-refractivity contribution in [2.24, 2.45) is 5.73 Å². The summed E-state index contributed by atoms with van der Waals surface area (Å²) < 4.78 is 5.86. The summed E-state index contributed by atoms with van der Waals surface area (Å²) in [5.74, 6) is 1.36. The lowest BCUT2D eigenvalue weighted by atomic mass is 9.85. The van der Waals surface area contributed by atoms with Crippen molar-refractivity contribution in [3.05, 3.63) is 28.8 Å². The fourth-order valence-corrected chi connectivity index (χ4v) is 3.11. The van der Waals surface area contributed by atoms with Crippen LogP contribution in [0.1, 0.15) is 48.8 Å². The van der Waals surface area contributed by atoms with Crippen LogP contribution in [0.5, 0.6) is 5.75 Å². The van der Waals surface area contributed by atoms with Gasteiger partial charge in [0, 0.05) is 24.1 Å². The van der Waals surface area contributed by atoms with E-state index in [1.807, 2.05) is 6.92 Å². The number of ether oxygens (including phenoxy) is 1. The first-order chi connectivity index (χ1) is 9.67. The van der Waals surface area contributed by atoms with Crippen molar-refractivity contribution in [3.8, 4) is 5.75 Å². The van der Waals surface area contributed by atoms with Gasteiger partial charge in [0.2, 0.25) is 0 Å². The zero-order valence-electron chi connectivity index (χ0n) is 13.0. The van der Waals surface area contributed by atoms with Crippen molar-refractivity contribution in [2.75, 3.05) is 19.7 Å². The zero-order chi connectivity index (χ0) is 14.5. The minimum atomic E-state index is 0.344. The molecular weight excluding hydrogens is 248 g/mol. The van der Waals surface area contributed by atoms with Crippen LogP contribution in [0.25, 0.3) is 0 Å². The van der Waals surface area contributed by atoms with Crippen LogP contribution in [0.2, 0.25) is 0 Å². The monoisotopic (exact) mass is 276 g/mol. The van der Waals surface area contributed by atoms with E-state index in [2.05, 4.69) is 31.3 Å². The van der Waals surface area contributed by atoms with Crippen molar-refractivity contribution in [3.63, 3.8) is 0 Å². The normalized spacial score (nSPS) is 20.7. The van der Waals surface area contributed by atoms with Gasteiger partial charge < -0.3 is 15.8 Å². The second kappa shape index (κ2) is 7.09. The molecule has 0 radical (unpaired) electrons. The van der Waals surface area contributed by atoms with Crippen LogP contribution >= 0.6 is 0 Å². The summed E-state index contributed by atoms with van der Waals surface area (Å²) >= 11 is 0. The molecule has 3 N–H and O–H groups in total. The highest BCUT2D eigenvalue weighted by Gasteiger charge is 2.26. The van der Waals surface area contributed by atoms with Gasteiger partial charge in [-0.25, -0.2) is 0 Å². The molecule has 0 spiro atoms. The smallest absolute Gasteiger partial charge is 0.123 e. The Morgan fingerprint density at radius 3 is 2.65 bits per heavy atom. The van der Waals surface area contributed by atoms with Gasteiger partial charge in [0.25, 0.3) is 0 Å². The number of nitrogens with one attached hydrogen (secondary N) is 1. The molecule has 1 aromatic rings. The summed E-state index contributed by atoms with van der Waals surface area (Å²) in [5.41, 5.74) is 9.97. The van der Waals surface area contributed by atoms with E-state index >= 15 is 0 Å². The van der Waals surface area contributed by atoms with Crippen LogP contribution in [0, 0.1) is 13.8 Å². The SMILES string of the molecule is CCOc1cc(C)c(C)cc1C(CN)C1CCCCN1. The van der Waals surface area contributed by atoms with E-state index < -0.39 is 0 Å². The van der Waals surface area contributed by atoms with Crippen LogP contribution in [0.3, 0.4) is 0 Å². The summed E-state index contributed by atoms with van der Waals surface area (Å²) in [6.07, 6.45) is 3.78. The fraction of sp³-hybridized carbons (Fsp3) is 0.647. The van der Waals surface area contributed by atoms with Gasteiger partial charge in [0.15, 0.2) is 0 Å². The van der Waals surface area contributed by atoms with Crippen molar-refractivity contribution in [2.45, 2.75) is 52.0 Å². The first-order valence-electron chi connectivity index (χ1n) is 7.84. The maximum absolute atomic E-state index is 6.09. The van der Waals surface area contributed by atoms with E-state index in [1.165, 1.54) is 36.0 Å². The Hall–Kier alpha value is -1.06. The first-order valence-corrected chi connectivity index (χ1v) is 7.84. The van der Waals surface area contributed by atoms with Crippen molar-refractivity contribution < 1.29 is 4.74 Å². The molecule has 2 rings (SSSR count). The maximum atomic E-state index is 6.09. The zero-order valence-corrected chi connectivity index (χ0v) is 13.0. The second-order valence-electron chi connectivity index (χ2n) is 5.81. The van der Waals surface area contributed by atoms with Gasteiger partial charge in [-0.2, -0.15) is 0 Å². The van der Waals surface area contributed by atoms with Crippen LogP contribution in [-0.4, -0.2) is 25.7 Å². The number of nitrogens with two attached hydrogens (primary N) is 1. The van der Waals surface area contributed by atoms with Gasteiger partial charge in [0.05, 0.1) is 6.61 Å². The topological polar surface area (TPSA) is 47.3 Å². The number of rotatable bonds is 5.